The van der Waals surface area contributed by atoms with Crippen LogP contribution >= 0.6 is 0 Å². The van der Waals surface area contributed by atoms with E-state index in [1.807, 2.05) is 38.1 Å². The van der Waals surface area contributed by atoms with Crippen molar-refractivity contribution in [2.75, 3.05) is 18.5 Å². The molecule has 1 saturated heterocycles. The smallest absolute Gasteiger partial charge is 0.241 e. The Hall–Kier alpha value is -1.43. The molecule has 2 atom stereocenters. The fraction of sp³-hybridized carbons (Fsp3) is 0.533. The van der Waals surface area contributed by atoms with Crippen molar-refractivity contribution in [3.05, 3.63) is 29.8 Å². The zero-order valence-corrected chi connectivity index (χ0v) is 12.0. The monoisotopic (exact) mass is 278 g/mol. The number of hydrogen-bond donors (Lipinski definition) is 2. The highest BCUT2D eigenvalue weighted by atomic mass is 16.7. The molecular weight excluding hydrogens is 256 g/mol. The number of nitrogens with two attached hydrogens (primary N) is 1. The SMILES string of the molecule is CCC(C)[C@H](N)C(=O)Nc1cccc(C2OCCO2)c1. The zero-order valence-electron chi connectivity index (χ0n) is 12.0. The largest absolute Gasteiger partial charge is 0.346 e. The first-order valence-corrected chi connectivity index (χ1v) is 7.01. The topological polar surface area (TPSA) is 73.6 Å². The summed E-state index contributed by atoms with van der Waals surface area (Å²) >= 11 is 0. The number of anilines is 1. The lowest BCUT2D eigenvalue weighted by atomic mass is 9.99. The summed E-state index contributed by atoms with van der Waals surface area (Å²) in [5.74, 6) is -0.00978. The summed E-state index contributed by atoms with van der Waals surface area (Å²) in [6.07, 6.45) is 0.536. The molecule has 0 aliphatic carbocycles. The molecule has 1 aliphatic heterocycles. The van der Waals surface area contributed by atoms with Gasteiger partial charge in [-0.3, -0.25) is 4.79 Å². The van der Waals surface area contributed by atoms with E-state index in [-0.39, 0.29) is 18.1 Å². The average Bonchev–Trinajstić information content (AvgIpc) is 3.00. The van der Waals surface area contributed by atoms with Crippen LogP contribution in [0.1, 0.15) is 32.1 Å². The first kappa shape index (κ1) is 15.0. The molecule has 0 saturated carbocycles. The van der Waals surface area contributed by atoms with Gasteiger partial charge in [-0.1, -0.05) is 32.4 Å². The minimum Gasteiger partial charge on any atom is -0.346 e. The van der Waals surface area contributed by atoms with Crippen molar-refractivity contribution < 1.29 is 14.3 Å². The first-order valence-electron chi connectivity index (χ1n) is 7.01. The number of ether oxygens (including phenoxy) is 2. The Morgan fingerprint density at radius 2 is 2.15 bits per heavy atom. The summed E-state index contributed by atoms with van der Waals surface area (Å²) in [5.41, 5.74) is 7.53. The number of rotatable bonds is 5. The molecule has 0 spiro atoms. The fourth-order valence-electron chi connectivity index (χ4n) is 2.05. The number of nitrogens with one attached hydrogen (secondary N) is 1. The van der Waals surface area contributed by atoms with Crippen molar-refractivity contribution in [1.29, 1.82) is 0 Å². The molecule has 0 aromatic heterocycles. The van der Waals surface area contributed by atoms with Gasteiger partial charge in [0.2, 0.25) is 5.91 Å². The van der Waals surface area contributed by atoms with Crippen molar-refractivity contribution in [3.63, 3.8) is 0 Å². The molecular formula is C15H22N2O3. The van der Waals surface area contributed by atoms with Crippen LogP contribution in [-0.4, -0.2) is 25.2 Å². The quantitative estimate of drug-likeness (QED) is 0.864. The van der Waals surface area contributed by atoms with Gasteiger partial charge in [0.15, 0.2) is 6.29 Å². The third-order valence-corrected chi connectivity index (χ3v) is 3.61. The second kappa shape index (κ2) is 6.83. The molecule has 2 rings (SSSR count). The first-order chi connectivity index (χ1) is 9.61. The molecule has 5 nitrogen and oxygen atoms in total. The van der Waals surface area contributed by atoms with Crippen LogP contribution in [0.15, 0.2) is 24.3 Å². The Bertz CT molecular complexity index is 458. The summed E-state index contributed by atoms with van der Waals surface area (Å²) in [4.78, 5) is 12.0. The normalized spacial score (nSPS) is 18.8. The lowest BCUT2D eigenvalue weighted by molar-refractivity contribution is -0.118. The van der Waals surface area contributed by atoms with Crippen molar-refractivity contribution in [2.24, 2.45) is 11.7 Å². The molecule has 110 valence electrons. The molecule has 20 heavy (non-hydrogen) atoms. The highest BCUT2D eigenvalue weighted by Gasteiger charge is 2.21. The molecule has 5 heteroatoms. The van der Waals surface area contributed by atoms with Gasteiger partial charge in [-0.05, 0) is 18.1 Å². The van der Waals surface area contributed by atoms with E-state index in [4.69, 9.17) is 15.2 Å². The van der Waals surface area contributed by atoms with E-state index in [1.165, 1.54) is 0 Å². The van der Waals surface area contributed by atoms with Gasteiger partial charge in [0.25, 0.3) is 0 Å². The van der Waals surface area contributed by atoms with Crippen molar-refractivity contribution in [2.45, 2.75) is 32.6 Å². The predicted octanol–water partition coefficient (Wildman–Crippen LogP) is 2.04. The van der Waals surface area contributed by atoms with Gasteiger partial charge in [0.1, 0.15) is 0 Å². The molecule has 3 N–H and O–H groups in total. The maximum atomic E-state index is 12.0. The fourth-order valence-corrected chi connectivity index (χ4v) is 2.05. The summed E-state index contributed by atoms with van der Waals surface area (Å²) in [7, 11) is 0. The van der Waals surface area contributed by atoms with E-state index in [9.17, 15) is 4.79 Å². The maximum absolute atomic E-state index is 12.0. The van der Waals surface area contributed by atoms with Crippen LogP contribution in [0.5, 0.6) is 0 Å². The Morgan fingerprint density at radius 1 is 1.45 bits per heavy atom. The van der Waals surface area contributed by atoms with E-state index in [0.717, 1.165) is 12.0 Å². The molecule has 1 aliphatic rings. The van der Waals surface area contributed by atoms with Gasteiger partial charge in [0, 0.05) is 11.3 Å². The van der Waals surface area contributed by atoms with Gasteiger partial charge >= 0.3 is 0 Å². The van der Waals surface area contributed by atoms with Gasteiger partial charge in [-0.15, -0.1) is 0 Å². The Kier molecular flexibility index (Phi) is 5.11. The Morgan fingerprint density at radius 3 is 2.80 bits per heavy atom. The van der Waals surface area contributed by atoms with Crippen molar-refractivity contribution >= 4 is 11.6 Å². The standard InChI is InChI=1S/C15H22N2O3/c1-3-10(2)13(16)14(18)17-12-6-4-5-11(9-12)15-19-7-8-20-15/h4-6,9-10,13,15H,3,7-8,16H2,1-2H3,(H,17,18)/t10?,13-/m0/s1. The van der Waals surface area contributed by atoms with Gasteiger partial charge in [-0.25, -0.2) is 0 Å². The maximum Gasteiger partial charge on any atom is 0.241 e. The molecule has 1 fully saturated rings. The number of hydrogen-bond acceptors (Lipinski definition) is 4. The van der Waals surface area contributed by atoms with E-state index in [0.29, 0.717) is 18.9 Å². The number of carbonyl (C=O) groups is 1. The van der Waals surface area contributed by atoms with Crippen molar-refractivity contribution in [3.8, 4) is 0 Å². The van der Waals surface area contributed by atoms with Gasteiger partial charge in [0.05, 0.1) is 19.3 Å². The zero-order chi connectivity index (χ0) is 14.5. The van der Waals surface area contributed by atoms with Gasteiger partial charge in [-0.2, -0.15) is 0 Å². The van der Waals surface area contributed by atoms with E-state index in [1.54, 1.807) is 0 Å². The van der Waals surface area contributed by atoms with Gasteiger partial charge < -0.3 is 20.5 Å². The van der Waals surface area contributed by atoms with Crippen LogP contribution in [0.25, 0.3) is 0 Å². The summed E-state index contributed by atoms with van der Waals surface area (Å²) in [6, 6.07) is 6.98. The third kappa shape index (κ3) is 3.56. The molecule has 0 bridgehead atoms. The Labute approximate surface area is 119 Å². The lowest BCUT2D eigenvalue weighted by Gasteiger charge is -2.18. The molecule has 0 radical (unpaired) electrons. The Balaban J connectivity index is 2.02. The summed E-state index contributed by atoms with van der Waals surface area (Å²) in [6.45, 7) is 5.19. The van der Waals surface area contributed by atoms with E-state index >= 15 is 0 Å². The van der Waals surface area contributed by atoms with Crippen LogP contribution < -0.4 is 11.1 Å². The number of benzene rings is 1. The second-order valence-corrected chi connectivity index (χ2v) is 5.10. The van der Waals surface area contributed by atoms with Crippen LogP contribution in [0.2, 0.25) is 0 Å². The van der Waals surface area contributed by atoms with Crippen LogP contribution in [-0.2, 0) is 14.3 Å². The second-order valence-electron chi connectivity index (χ2n) is 5.10. The molecule has 1 aromatic carbocycles. The average molecular weight is 278 g/mol. The van der Waals surface area contributed by atoms with Crippen LogP contribution in [0.3, 0.4) is 0 Å². The predicted molar refractivity (Wildman–Crippen MR) is 77.1 cm³/mol. The van der Waals surface area contributed by atoms with Crippen LogP contribution in [0, 0.1) is 5.92 Å². The number of carbonyl (C=O) groups excluding carboxylic acids is 1. The van der Waals surface area contributed by atoms with Crippen LogP contribution in [0.4, 0.5) is 5.69 Å². The van der Waals surface area contributed by atoms with E-state index < -0.39 is 6.04 Å². The minimum atomic E-state index is -0.498. The van der Waals surface area contributed by atoms with Crippen molar-refractivity contribution in [1.82, 2.24) is 0 Å². The minimum absolute atomic E-state index is 0.152. The summed E-state index contributed by atoms with van der Waals surface area (Å²) in [5, 5.41) is 2.85. The third-order valence-electron chi connectivity index (χ3n) is 3.61. The summed E-state index contributed by atoms with van der Waals surface area (Å²) < 4.78 is 10.9. The highest BCUT2D eigenvalue weighted by Crippen LogP contribution is 2.25. The van der Waals surface area contributed by atoms with E-state index in [2.05, 4.69) is 5.32 Å². The lowest BCUT2D eigenvalue weighted by Crippen LogP contribution is -2.40. The molecule has 1 aromatic rings. The molecule has 1 amide bonds. The highest BCUT2D eigenvalue weighted by molar-refractivity contribution is 5.94. The molecule has 1 heterocycles. The number of amides is 1. The molecule has 1 unspecified atom stereocenters.